The van der Waals surface area contributed by atoms with E-state index in [1.165, 1.54) is 0 Å². The maximum absolute atomic E-state index is 12.7. The first-order chi connectivity index (χ1) is 11.0. The number of hydrogen-bond donors (Lipinski definition) is 0. The van der Waals surface area contributed by atoms with Crippen LogP contribution in [-0.2, 0) is 13.6 Å². The minimum Gasteiger partial charge on any atom is -0.351 e. The maximum Gasteiger partial charge on any atom is 0.255 e. The molecule has 1 aliphatic rings. The SMILES string of the molecule is Cc1nc(CN2CCN(C(=O)c3cc(C)n(C)c3C)CC2)no1. The van der Waals surface area contributed by atoms with Gasteiger partial charge in [-0.15, -0.1) is 0 Å². The lowest BCUT2D eigenvalue weighted by Crippen LogP contribution is -2.48. The molecule has 0 N–H and O–H groups in total. The summed E-state index contributed by atoms with van der Waals surface area (Å²) >= 11 is 0. The quantitative estimate of drug-likeness (QED) is 0.853. The Bertz CT molecular complexity index is 710. The Labute approximate surface area is 135 Å². The fourth-order valence-electron chi connectivity index (χ4n) is 2.96. The van der Waals surface area contributed by atoms with Gasteiger partial charge in [0.15, 0.2) is 5.82 Å². The topological polar surface area (TPSA) is 67.4 Å². The number of carbonyl (C=O) groups is 1. The predicted molar refractivity (Wildman–Crippen MR) is 85.1 cm³/mol. The Balaban J connectivity index is 1.60. The van der Waals surface area contributed by atoms with Crippen LogP contribution < -0.4 is 0 Å². The molecule has 0 saturated carbocycles. The minimum absolute atomic E-state index is 0.126. The number of amides is 1. The lowest BCUT2D eigenvalue weighted by Gasteiger charge is -2.34. The molecule has 3 rings (SSSR count). The molecule has 0 spiro atoms. The van der Waals surface area contributed by atoms with E-state index in [0.717, 1.165) is 43.1 Å². The van der Waals surface area contributed by atoms with E-state index in [0.29, 0.717) is 18.3 Å². The van der Waals surface area contributed by atoms with Gasteiger partial charge in [0, 0.05) is 51.5 Å². The molecule has 0 bridgehead atoms. The second-order valence-corrected chi connectivity index (χ2v) is 6.14. The summed E-state index contributed by atoms with van der Waals surface area (Å²) in [4.78, 5) is 21.1. The van der Waals surface area contributed by atoms with Crippen molar-refractivity contribution >= 4 is 5.91 Å². The first-order valence-corrected chi connectivity index (χ1v) is 7.89. The molecule has 1 amide bonds. The van der Waals surface area contributed by atoms with E-state index in [-0.39, 0.29) is 5.91 Å². The van der Waals surface area contributed by atoms with Gasteiger partial charge in [0.2, 0.25) is 5.89 Å². The van der Waals surface area contributed by atoms with Crippen LogP contribution in [0.5, 0.6) is 0 Å². The minimum atomic E-state index is 0.126. The van der Waals surface area contributed by atoms with Crippen LogP contribution in [0.25, 0.3) is 0 Å². The number of aryl methyl sites for hydroxylation is 2. The molecule has 0 atom stereocenters. The highest BCUT2D eigenvalue weighted by molar-refractivity contribution is 5.95. The van der Waals surface area contributed by atoms with Crippen LogP contribution in [0.4, 0.5) is 0 Å². The van der Waals surface area contributed by atoms with E-state index in [2.05, 4.69) is 19.6 Å². The summed E-state index contributed by atoms with van der Waals surface area (Å²) in [5.41, 5.74) is 2.95. The van der Waals surface area contributed by atoms with E-state index in [9.17, 15) is 4.79 Å². The standard InChI is InChI=1S/C16H23N5O2/c1-11-9-14(12(2)19(11)4)16(22)21-7-5-20(6-8-21)10-15-17-13(3)23-18-15/h9H,5-8,10H2,1-4H3. The van der Waals surface area contributed by atoms with Crippen molar-refractivity contribution in [1.82, 2.24) is 24.5 Å². The number of nitrogens with zero attached hydrogens (tertiary/aromatic N) is 5. The van der Waals surface area contributed by atoms with Crippen molar-refractivity contribution in [1.29, 1.82) is 0 Å². The fourth-order valence-corrected chi connectivity index (χ4v) is 2.96. The molecule has 3 heterocycles. The molecule has 7 heteroatoms. The zero-order valence-corrected chi connectivity index (χ0v) is 14.2. The molecule has 23 heavy (non-hydrogen) atoms. The first-order valence-electron chi connectivity index (χ1n) is 7.89. The third-order valence-electron chi connectivity index (χ3n) is 4.60. The molecule has 0 aromatic carbocycles. The Morgan fingerprint density at radius 1 is 1.22 bits per heavy atom. The molecule has 124 valence electrons. The molecule has 0 aliphatic carbocycles. The van der Waals surface area contributed by atoms with Gasteiger partial charge in [0.25, 0.3) is 5.91 Å². The maximum atomic E-state index is 12.7. The number of rotatable bonds is 3. The highest BCUT2D eigenvalue weighted by Gasteiger charge is 2.25. The van der Waals surface area contributed by atoms with Gasteiger partial charge >= 0.3 is 0 Å². The number of piperazine rings is 1. The fraction of sp³-hybridized carbons (Fsp3) is 0.562. The van der Waals surface area contributed by atoms with Crippen LogP contribution in [-0.4, -0.2) is 56.6 Å². The van der Waals surface area contributed by atoms with Crippen molar-refractivity contribution in [2.24, 2.45) is 7.05 Å². The summed E-state index contributed by atoms with van der Waals surface area (Å²) in [6.45, 7) is 9.57. The van der Waals surface area contributed by atoms with Crippen LogP contribution >= 0.6 is 0 Å². The normalized spacial score (nSPS) is 16.1. The Kier molecular flexibility index (Phi) is 4.21. The van der Waals surface area contributed by atoms with Crippen molar-refractivity contribution in [3.63, 3.8) is 0 Å². The van der Waals surface area contributed by atoms with E-state index >= 15 is 0 Å². The molecule has 2 aromatic rings. The molecular weight excluding hydrogens is 294 g/mol. The smallest absolute Gasteiger partial charge is 0.255 e. The Morgan fingerprint density at radius 2 is 1.91 bits per heavy atom. The molecule has 1 saturated heterocycles. The van der Waals surface area contributed by atoms with E-state index in [1.54, 1.807) is 6.92 Å². The zero-order valence-electron chi connectivity index (χ0n) is 14.2. The van der Waals surface area contributed by atoms with Crippen molar-refractivity contribution in [2.75, 3.05) is 26.2 Å². The molecule has 1 fully saturated rings. The highest BCUT2D eigenvalue weighted by Crippen LogP contribution is 2.17. The van der Waals surface area contributed by atoms with Gasteiger partial charge < -0.3 is 14.0 Å². The summed E-state index contributed by atoms with van der Waals surface area (Å²) in [5, 5.41) is 3.92. The van der Waals surface area contributed by atoms with Crippen molar-refractivity contribution in [3.05, 3.63) is 34.7 Å². The van der Waals surface area contributed by atoms with Gasteiger partial charge in [-0.05, 0) is 19.9 Å². The lowest BCUT2D eigenvalue weighted by molar-refractivity contribution is 0.0623. The van der Waals surface area contributed by atoms with Crippen molar-refractivity contribution in [3.8, 4) is 0 Å². The van der Waals surface area contributed by atoms with Gasteiger partial charge in [-0.3, -0.25) is 9.69 Å². The molecule has 1 aliphatic heterocycles. The number of carbonyl (C=O) groups excluding carboxylic acids is 1. The largest absolute Gasteiger partial charge is 0.351 e. The van der Waals surface area contributed by atoms with Crippen LogP contribution in [0.1, 0.15) is 33.5 Å². The van der Waals surface area contributed by atoms with Crippen LogP contribution in [0.2, 0.25) is 0 Å². The van der Waals surface area contributed by atoms with E-state index in [1.807, 2.05) is 31.9 Å². The third kappa shape index (κ3) is 3.14. The third-order valence-corrected chi connectivity index (χ3v) is 4.60. The molecule has 2 aromatic heterocycles. The summed E-state index contributed by atoms with van der Waals surface area (Å²) in [6, 6.07) is 1.98. The lowest BCUT2D eigenvalue weighted by atomic mass is 10.2. The summed E-state index contributed by atoms with van der Waals surface area (Å²) in [7, 11) is 1.99. The summed E-state index contributed by atoms with van der Waals surface area (Å²) < 4.78 is 7.05. The molecule has 7 nitrogen and oxygen atoms in total. The van der Waals surface area contributed by atoms with Crippen LogP contribution in [0, 0.1) is 20.8 Å². The number of hydrogen-bond acceptors (Lipinski definition) is 5. The molecule has 0 radical (unpaired) electrons. The van der Waals surface area contributed by atoms with Crippen LogP contribution in [0.3, 0.4) is 0 Å². The van der Waals surface area contributed by atoms with Crippen molar-refractivity contribution in [2.45, 2.75) is 27.3 Å². The average molecular weight is 317 g/mol. The van der Waals surface area contributed by atoms with Gasteiger partial charge in [0.1, 0.15) is 0 Å². The average Bonchev–Trinajstić information content (AvgIpc) is 3.06. The highest BCUT2D eigenvalue weighted by atomic mass is 16.5. The summed E-state index contributed by atoms with van der Waals surface area (Å²) in [6.07, 6.45) is 0. The summed E-state index contributed by atoms with van der Waals surface area (Å²) in [5.74, 6) is 1.42. The Hall–Kier alpha value is -2.15. The van der Waals surface area contributed by atoms with Crippen LogP contribution in [0.15, 0.2) is 10.6 Å². The van der Waals surface area contributed by atoms with Crippen molar-refractivity contribution < 1.29 is 9.32 Å². The van der Waals surface area contributed by atoms with E-state index in [4.69, 9.17) is 4.52 Å². The zero-order chi connectivity index (χ0) is 16.6. The van der Waals surface area contributed by atoms with Gasteiger partial charge in [-0.1, -0.05) is 5.16 Å². The van der Waals surface area contributed by atoms with Gasteiger partial charge in [-0.25, -0.2) is 0 Å². The molecule has 0 unspecified atom stereocenters. The monoisotopic (exact) mass is 317 g/mol. The molecular formula is C16H23N5O2. The second kappa shape index (κ2) is 6.16. The van der Waals surface area contributed by atoms with Gasteiger partial charge in [-0.2, -0.15) is 4.98 Å². The first kappa shape index (κ1) is 15.7. The Morgan fingerprint density at radius 3 is 2.43 bits per heavy atom. The number of aromatic nitrogens is 3. The van der Waals surface area contributed by atoms with E-state index < -0.39 is 0 Å². The predicted octanol–water partition coefficient (Wildman–Crippen LogP) is 1.29. The second-order valence-electron chi connectivity index (χ2n) is 6.14. The van der Waals surface area contributed by atoms with Gasteiger partial charge in [0.05, 0.1) is 12.1 Å².